The molecule has 0 aromatic carbocycles. The number of hydrogen-bond donors (Lipinski definition) is 1. The summed E-state index contributed by atoms with van der Waals surface area (Å²) in [4.78, 5) is 6.64. The molecule has 0 saturated carbocycles. The molecule has 0 saturated heterocycles. The van der Waals surface area contributed by atoms with E-state index in [0.29, 0.717) is 0 Å². The molecule has 1 aromatic heterocycles. The van der Waals surface area contributed by atoms with E-state index >= 15 is 0 Å². The first kappa shape index (κ1) is 13.2. The van der Waals surface area contributed by atoms with E-state index < -0.39 is 0 Å². The second kappa shape index (κ2) is 7.41. The first-order chi connectivity index (χ1) is 7.81. The summed E-state index contributed by atoms with van der Waals surface area (Å²) in [6.07, 6.45) is 3.88. The first-order valence-electron chi connectivity index (χ1n) is 6.23. The molecule has 0 amide bonds. The van der Waals surface area contributed by atoms with Gasteiger partial charge in [-0.25, -0.2) is 4.98 Å². The lowest BCUT2D eigenvalue weighted by Gasteiger charge is -2.18. The van der Waals surface area contributed by atoms with Gasteiger partial charge in [-0.1, -0.05) is 20.8 Å². The number of hydrogen-bond acceptors (Lipinski definition) is 3. The zero-order valence-corrected chi connectivity index (χ0v) is 10.7. The molecule has 1 heterocycles. The maximum atomic E-state index is 4.21. The van der Waals surface area contributed by atoms with E-state index in [4.69, 9.17) is 0 Å². The summed E-state index contributed by atoms with van der Waals surface area (Å²) in [6, 6.07) is 0. The van der Waals surface area contributed by atoms with Gasteiger partial charge >= 0.3 is 0 Å². The number of imidazole rings is 1. The van der Waals surface area contributed by atoms with E-state index in [1.165, 1.54) is 5.69 Å². The Balaban J connectivity index is 2.43. The molecule has 0 bridgehead atoms. The summed E-state index contributed by atoms with van der Waals surface area (Å²) in [6.45, 7) is 12.8. The van der Waals surface area contributed by atoms with Crippen molar-refractivity contribution in [1.82, 2.24) is 19.8 Å². The Morgan fingerprint density at radius 2 is 2.06 bits per heavy atom. The highest BCUT2D eigenvalue weighted by atomic mass is 15.2. The lowest BCUT2D eigenvalue weighted by atomic mass is 10.4. The lowest BCUT2D eigenvalue weighted by Crippen LogP contribution is -2.27. The molecule has 0 fully saturated rings. The van der Waals surface area contributed by atoms with Crippen molar-refractivity contribution in [3.05, 3.63) is 18.2 Å². The molecule has 1 rings (SSSR count). The van der Waals surface area contributed by atoms with Gasteiger partial charge in [0.1, 0.15) is 0 Å². The van der Waals surface area contributed by atoms with Gasteiger partial charge in [0.2, 0.25) is 0 Å². The quantitative estimate of drug-likeness (QED) is 0.723. The minimum atomic E-state index is 0.911. The fourth-order valence-corrected chi connectivity index (χ4v) is 1.74. The molecular formula is C12H24N4. The van der Waals surface area contributed by atoms with Crippen LogP contribution >= 0.6 is 0 Å². The molecule has 0 unspecified atom stereocenters. The van der Waals surface area contributed by atoms with Crippen LogP contribution in [0.2, 0.25) is 0 Å². The van der Waals surface area contributed by atoms with Crippen LogP contribution in [0.15, 0.2) is 12.5 Å². The number of aromatic nitrogens is 2. The molecular weight excluding hydrogens is 200 g/mol. The highest BCUT2D eigenvalue weighted by molar-refractivity contribution is 4.97. The molecule has 92 valence electrons. The van der Waals surface area contributed by atoms with Crippen LogP contribution in [0.25, 0.3) is 0 Å². The summed E-state index contributed by atoms with van der Waals surface area (Å²) in [5, 5.41) is 3.33. The first-order valence-corrected chi connectivity index (χ1v) is 6.23. The SMILES string of the molecule is CCNCc1cncn1CCN(CC)CC. The van der Waals surface area contributed by atoms with Gasteiger partial charge in [0.25, 0.3) is 0 Å². The van der Waals surface area contributed by atoms with Gasteiger partial charge < -0.3 is 14.8 Å². The molecule has 1 N–H and O–H groups in total. The highest BCUT2D eigenvalue weighted by Crippen LogP contribution is 2.00. The van der Waals surface area contributed by atoms with Crippen LogP contribution in [0.5, 0.6) is 0 Å². The van der Waals surface area contributed by atoms with Crippen LogP contribution in [0.1, 0.15) is 26.5 Å². The monoisotopic (exact) mass is 224 g/mol. The Labute approximate surface area is 98.7 Å². The van der Waals surface area contributed by atoms with Crippen LogP contribution in [0.3, 0.4) is 0 Å². The molecule has 0 spiro atoms. The van der Waals surface area contributed by atoms with Gasteiger partial charge in [-0.15, -0.1) is 0 Å². The van der Waals surface area contributed by atoms with E-state index in [1.807, 2.05) is 12.5 Å². The average Bonchev–Trinajstić information content (AvgIpc) is 2.75. The topological polar surface area (TPSA) is 33.1 Å². The fourth-order valence-electron chi connectivity index (χ4n) is 1.74. The summed E-state index contributed by atoms with van der Waals surface area (Å²) >= 11 is 0. The van der Waals surface area contributed by atoms with E-state index in [1.54, 1.807) is 0 Å². The Hall–Kier alpha value is -0.870. The third kappa shape index (κ3) is 3.94. The highest BCUT2D eigenvalue weighted by Gasteiger charge is 2.03. The van der Waals surface area contributed by atoms with Crippen molar-refractivity contribution < 1.29 is 0 Å². The average molecular weight is 224 g/mol. The third-order valence-electron chi connectivity index (χ3n) is 2.91. The Kier molecular flexibility index (Phi) is 6.11. The van der Waals surface area contributed by atoms with Crippen molar-refractivity contribution in [1.29, 1.82) is 0 Å². The molecule has 0 aliphatic rings. The second-order valence-corrected chi connectivity index (χ2v) is 3.89. The number of rotatable bonds is 8. The molecule has 16 heavy (non-hydrogen) atoms. The molecule has 0 radical (unpaired) electrons. The summed E-state index contributed by atoms with van der Waals surface area (Å²) in [5.74, 6) is 0. The van der Waals surface area contributed by atoms with Gasteiger partial charge in [0, 0.05) is 25.8 Å². The summed E-state index contributed by atoms with van der Waals surface area (Å²) in [5.41, 5.74) is 1.27. The van der Waals surface area contributed by atoms with Gasteiger partial charge in [-0.3, -0.25) is 0 Å². The van der Waals surface area contributed by atoms with Crippen molar-refractivity contribution in [3.63, 3.8) is 0 Å². The Bertz CT molecular complexity index is 278. The van der Waals surface area contributed by atoms with Crippen LogP contribution in [-0.2, 0) is 13.1 Å². The van der Waals surface area contributed by atoms with Crippen LogP contribution in [0, 0.1) is 0 Å². The number of nitrogens with zero attached hydrogens (tertiary/aromatic N) is 3. The van der Waals surface area contributed by atoms with Gasteiger partial charge in [-0.05, 0) is 19.6 Å². The summed E-state index contributed by atoms with van der Waals surface area (Å²) in [7, 11) is 0. The van der Waals surface area contributed by atoms with Crippen molar-refractivity contribution >= 4 is 0 Å². The zero-order valence-electron chi connectivity index (χ0n) is 10.7. The minimum absolute atomic E-state index is 0.911. The molecule has 1 aromatic rings. The van der Waals surface area contributed by atoms with E-state index in [0.717, 1.165) is 39.3 Å². The van der Waals surface area contributed by atoms with Gasteiger partial charge in [0.05, 0.1) is 12.0 Å². The lowest BCUT2D eigenvalue weighted by molar-refractivity contribution is 0.289. The molecule has 4 nitrogen and oxygen atoms in total. The predicted octanol–water partition coefficient (Wildman–Crippen LogP) is 1.33. The van der Waals surface area contributed by atoms with E-state index in [2.05, 4.69) is 40.5 Å². The predicted molar refractivity (Wildman–Crippen MR) is 67.4 cm³/mol. The fraction of sp³-hybridized carbons (Fsp3) is 0.750. The normalized spacial score (nSPS) is 11.2. The van der Waals surface area contributed by atoms with Crippen molar-refractivity contribution in [2.24, 2.45) is 0 Å². The van der Waals surface area contributed by atoms with E-state index in [9.17, 15) is 0 Å². The number of nitrogens with one attached hydrogen (secondary N) is 1. The minimum Gasteiger partial charge on any atom is -0.332 e. The van der Waals surface area contributed by atoms with Crippen LogP contribution < -0.4 is 5.32 Å². The van der Waals surface area contributed by atoms with Crippen molar-refractivity contribution in [2.45, 2.75) is 33.9 Å². The smallest absolute Gasteiger partial charge is 0.0949 e. The van der Waals surface area contributed by atoms with E-state index in [-0.39, 0.29) is 0 Å². The Morgan fingerprint density at radius 1 is 1.31 bits per heavy atom. The van der Waals surface area contributed by atoms with Crippen LogP contribution in [-0.4, -0.2) is 40.6 Å². The molecule has 0 atom stereocenters. The third-order valence-corrected chi connectivity index (χ3v) is 2.91. The maximum absolute atomic E-state index is 4.21. The second-order valence-electron chi connectivity index (χ2n) is 3.89. The van der Waals surface area contributed by atoms with Gasteiger partial charge in [-0.2, -0.15) is 0 Å². The number of likely N-dealkylation sites (N-methyl/N-ethyl adjacent to an activating group) is 1. The molecule has 0 aliphatic carbocycles. The van der Waals surface area contributed by atoms with Crippen molar-refractivity contribution in [2.75, 3.05) is 26.2 Å². The molecule has 0 aliphatic heterocycles. The summed E-state index contributed by atoms with van der Waals surface area (Å²) < 4.78 is 2.24. The maximum Gasteiger partial charge on any atom is 0.0949 e. The largest absolute Gasteiger partial charge is 0.332 e. The standard InChI is InChI=1S/C12H24N4/c1-4-13-9-12-10-14-11-16(12)8-7-15(5-2)6-3/h10-11,13H,4-9H2,1-3H3. The van der Waals surface area contributed by atoms with Crippen LogP contribution in [0.4, 0.5) is 0 Å². The van der Waals surface area contributed by atoms with Gasteiger partial charge in [0.15, 0.2) is 0 Å². The van der Waals surface area contributed by atoms with Crippen molar-refractivity contribution in [3.8, 4) is 0 Å². The Morgan fingerprint density at radius 3 is 2.69 bits per heavy atom. The molecule has 4 heteroatoms. The zero-order chi connectivity index (χ0) is 11.8.